The number of hydrogen-bond acceptors (Lipinski definition) is 6. The zero-order chi connectivity index (χ0) is 14.8. The number of pyridine rings is 1. The van der Waals surface area contributed by atoms with E-state index in [0.717, 1.165) is 5.69 Å². The van der Waals surface area contributed by atoms with E-state index in [1.807, 2.05) is 12.3 Å². The van der Waals surface area contributed by atoms with Gasteiger partial charge in [-0.1, -0.05) is 6.07 Å². The maximum Gasteiger partial charge on any atom is 0.357 e. The van der Waals surface area contributed by atoms with E-state index in [1.165, 1.54) is 28.0 Å². The fourth-order valence-electron chi connectivity index (χ4n) is 1.87. The maximum atomic E-state index is 12.0. The third kappa shape index (κ3) is 2.68. The van der Waals surface area contributed by atoms with E-state index in [2.05, 4.69) is 9.97 Å². The van der Waals surface area contributed by atoms with Crippen molar-refractivity contribution in [3.63, 3.8) is 0 Å². The Kier molecular flexibility index (Phi) is 3.49. The highest BCUT2D eigenvalue weighted by Crippen LogP contribution is 2.12. The minimum absolute atomic E-state index is 0.0574. The Morgan fingerprint density at radius 3 is 3.05 bits per heavy atom. The van der Waals surface area contributed by atoms with Gasteiger partial charge < -0.3 is 4.74 Å². The van der Waals surface area contributed by atoms with E-state index in [1.54, 1.807) is 18.2 Å². The summed E-state index contributed by atoms with van der Waals surface area (Å²) < 4.78 is 6.64. The van der Waals surface area contributed by atoms with Crippen molar-refractivity contribution in [2.75, 3.05) is 0 Å². The molecular weight excluding hydrogens is 290 g/mol. The molecule has 0 aliphatic carbocycles. The average Bonchev–Trinajstić information content (AvgIpc) is 2.87. The smallest absolute Gasteiger partial charge is 0.357 e. The molecule has 0 unspecified atom stereocenters. The predicted octanol–water partition coefficient (Wildman–Crippen LogP) is 1.82. The van der Waals surface area contributed by atoms with E-state index in [-0.39, 0.29) is 17.9 Å². The topological polar surface area (TPSA) is 73.6 Å². The van der Waals surface area contributed by atoms with Crippen LogP contribution in [0.5, 0.6) is 0 Å². The van der Waals surface area contributed by atoms with Gasteiger partial charge in [0, 0.05) is 23.3 Å². The lowest BCUT2D eigenvalue weighted by Crippen LogP contribution is -2.16. The number of aromatic nitrogens is 3. The minimum atomic E-state index is -0.542. The van der Waals surface area contributed by atoms with Crippen molar-refractivity contribution in [3.05, 3.63) is 63.3 Å². The monoisotopic (exact) mass is 301 g/mol. The number of rotatable bonds is 3. The molecule has 3 rings (SSSR count). The highest BCUT2D eigenvalue weighted by molar-refractivity contribution is 7.15. The second-order valence-corrected chi connectivity index (χ2v) is 5.21. The molecule has 0 saturated heterocycles. The second-order valence-electron chi connectivity index (χ2n) is 4.37. The van der Waals surface area contributed by atoms with Crippen molar-refractivity contribution in [1.82, 2.24) is 14.4 Å². The van der Waals surface area contributed by atoms with Crippen LogP contribution in [-0.4, -0.2) is 20.3 Å². The predicted molar refractivity (Wildman–Crippen MR) is 77.4 cm³/mol. The number of thiazole rings is 1. The van der Waals surface area contributed by atoms with Crippen molar-refractivity contribution in [2.45, 2.75) is 13.5 Å². The van der Waals surface area contributed by atoms with Gasteiger partial charge in [-0.25, -0.2) is 14.8 Å². The van der Waals surface area contributed by atoms with Gasteiger partial charge in [-0.05, 0) is 19.1 Å². The molecule has 3 aromatic rings. The molecule has 106 valence electrons. The van der Waals surface area contributed by atoms with Crippen molar-refractivity contribution >= 4 is 22.3 Å². The molecule has 0 radical (unpaired) electrons. The number of hydrogen-bond donors (Lipinski definition) is 0. The SMILES string of the molecule is Cc1csc2nc(COC(=O)c3ccccn3)cc(=O)n12. The van der Waals surface area contributed by atoms with Gasteiger partial charge in [-0.15, -0.1) is 11.3 Å². The molecule has 0 N–H and O–H groups in total. The first-order valence-corrected chi connectivity index (χ1v) is 7.08. The maximum absolute atomic E-state index is 12.0. The van der Waals surface area contributed by atoms with Crippen molar-refractivity contribution in [3.8, 4) is 0 Å². The quantitative estimate of drug-likeness (QED) is 0.690. The zero-order valence-electron chi connectivity index (χ0n) is 11.1. The van der Waals surface area contributed by atoms with Gasteiger partial charge in [-0.2, -0.15) is 0 Å². The summed E-state index contributed by atoms with van der Waals surface area (Å²) in [7, 11) is 0. The molecule has 0 bridgehead atoms. The van der Waals surface area contributed by atoms with Crippen molar-refractivity contribution in [1.29, 1.82) is 0 Å². The molecule has 3 aromatic heterocycles. The minimum Gasteiger partial charge on any atom is -0.454 e. The summed E-state index contributed by atoms with van der Waals surface area (Å²) in [5.74, 6) is -0.542. The Hall–Kier alpha value is -2.54. The van der Waals surface area contributed by atoms with E-state index in [9.17, 15) is 9.59 Å². The number of fused-ring (bicyclic) bond motifs is 1. The number of carbonyl (C=O) groups is 1. The van der Waals surface area contributed by atoms with Crippen LogP contribution in [0.4, 0.5) is 0 Å². The van der Waals surface area contributed by atoms with Crippen molar-refractivity contribution in [2.24, 2.45) is 0 Å². The van der Waals surface area contributed by atoms with Gasteiger partial charge in [0.15, 0.2) is 4.96 Å². The van der Waals surface area contributed by atoms with E-state index in [4.69, 9.17) is 4.74 Å². The molecule has 0 amide bonds. The highest BCUT2D eigenvalue weighted by Gasteiger charge is 2.11. The zero-order valence-corrected chi connectivity index (χ0v) is 12.0. The van der Waals surface area contributed by atoms with Gasteiger partial charge in [0.25, 0.3) is 5.56 Å². The number of aryl methyl sites for hydroxylation is 1. The van der Waals surface area contributed by atoms with E-state index < -0.39 is 5.97 Å². The highest BCUT2D eigenvalue weighted by atomic mass is 32.1. The lowest BCUT2D eigenvalue weighted by atomic mass is 10.3. The summed E-state index contributed by atoms with van der Waals surface area (Å²) in [5, 5.41) is 1.85. The number of nitrogens with zero attached hydrogens (tertiary/aromatic N) is 3. The Balaban J connectivity index is 1.80. The van der Waals surface area contributed by atoms with E-state index in [0.29, 0.717) is 10.7 Å². The summed E-state index contributed by atoms with van der Waals surface area (Å²) in [5.41, 5.74) is 1.31. The van der Waals surface area contributed by atoms with Gasteiger partial charge in [0.1, 0.15) is 12.3 Å². The lowest BCUT2D eigenvalue weighted by Gasteiger charge is -2.04. The molecule has 0 saturated carbocycles. The molecule has 0 aliphatic rings. The molecule has 7 heteroatoms. The summed E-state index contributed by atoms with van der Waals surface area (Å²) >= 11 is 1.37. The molecule has 0 fully saturated rings. The Bertz CT molecular complexity index is 855. The molecule has 3 heterocycles. The molecule has 0 aliphatic heterocycles. The standard InChI is InChI=1S/C14H11N3O3S/c1-9-8-21-14-16-10(6-12(18)17(9)14)7-20-13(19)11-4-2-3-5-15-11/h2-6,8H,7H2,1H3. The lowest BCUT2D eigenvalue weighted by molar-refractivity contribution is 0.0461. The van der Waals surface area contributed by atoms with Gasteiger partial charge in [-0.3, -0.25) is 9.20 Å². The normalized spacial score (nSPS) is 10.7. The third-order valence-corrected chi connectivity index (χ3v) is 3.80. The first kappa shape index (κ1) is 13.4. The van der Waals surface area contributed by atoms with Crippen LogP contribution >= 0.6 is 11.3 Å². The third-order valence-electron chi connectivity index (χ3n) is 2.85. The Morgan fingerprint density at radius 1 is 1.43 bits per heavy atom. The van der Waals surface area contributed by atoms with Gasteiger partial charge in [0.2, 0.25) is 0 Å². The second kappa shape index (κ2) is 5.45. The number of esters is 1. The van der Waals surface area contributed by atoms with Crippen LogP contribution < -0.4 is 5.56 Å². The van der Waals surface area contributed by atoms with Crippen LogP contribution in [0.2, 0.25) is 0 Å². The molecule has 0 atom stereocenters. The molecule has 0 aromatic carbocycles. The first-order valence-electron chi connectivity index (χ1n) is 6.20. The largest absolute Gasteiger partial charge is 0.454 e. The summed E-state index contributed by atoms with van der Waals surface area (Å²) in [6, 6.07) is 6.36. The molecule has 21 heavy (non-hydrogen) atoms. The summed E-state index contributed by atoms with van der Waals surface area (Å²) in [6.07, 6.45) is 1.52. The van der Waals surface area contributed by atoms with Crippen molar-refractivity contribution < 1.29 is 9.53 Å². The Morgan fingerprint density at radius 2 is 2.29 bits per heavy atom. The van der Waals surface area contributed by atoms with Crippen LogP contribution in [0.25, 0.3) is 4.96 Å². The van der Waals surface area contributed by atoms with Gasteiger partial charge in [0.05, 0.1) is 5.69 Å². The summed E-state index contributed by atoms with van der Waals surface area (Å²) in [6.45, 7) is 1.78. The average molecular weight is 301 g/mol. The molecule has 6 nitrogen and oxygen atoms in total. The summed E-state index contributed by atoms with van der Waals surface area (Å²) in [4.78, 5) is 32.5. The molecular formula is C14H11N3O3S. The number of ether oxygens (including phenoxy) is 1. The fraction of sp³-hybridized carbons (Fsp3) is 0.143. The van der Waals surface area contributed by atoms with Crippen LogP contribution in [0.1, 0.15) is 21.9 Å². The first-order chi connectivity index (χ1) is 10.1. The van der Waals surface area contributed by atoms with Crippen LogP contribution in [-0.2, 0) is 11.3 Å². The van der Waals surface area contributed by atoms with Crippen LogP contribution in [0.15, 0.2) is 40.6 Å². The van der Waals surface area contributed by atoms with E-state index >= 15 is 0 Å². The Labute approximate surface area is 123 Å². The van der Waals surface area contributed by atoms with Crippen LogP contribution in [0.3, 0.4) is 0 Å². The molecule has 0 spiro atoms. The van der Waals surface area contributed by atoms with Crippen LogP contribution in [0, 0.1) is 6.92 Å². The number of carbonyl (C=O) groups excluding carboxylic acids is 1. The fourth-order valence-corrected chi connectivity index (χ4v) is 2.76. The van der Waals surface area contributed by atoms with Gasteiger partial charge >= 0.3 is 5.97 Å².